The van der Waals surface area contributed by atoms with Crippen molar-refractivity contribution in [2.24, 2.45) is 5.73 Å². The van der Waals surface area contributed by atoms with E-state index in [2.05, 4.69) is 20.4 Å². The summed E-state index contributed by atoms with van der Waals surface area (Å²) in [4.78, 5) is 14.1. The molecule has 0 spiro atoms. The molecule has 0 aliphatic carbocycles. The van der Waals surface area contributed by atoms with E-state index in [1.165, 1.54) is 6.07 Å². The molecule has 2 saturated heterocycles. The van der Waals surface area contributed by atoms with Gasteiger partial charge in [0.15, 0.2) is 0 Å². The normalized spacial score (nSPS) is 27.1. The van der Waals surface area contributed by atoms with Crippen LogP contribution in [-0.2, 0) is 11.2 Å². The van der Waals surface area contributed by atoms with Crippen molar-refractivity contribution < 1.29 is 13.6 Å². The fourth-order valence-electron chi connectivity index (χ4n) is 3.48. The Labute approximate surface area is 138 Å². The average molecular weight is 331 g/mol. The second kappa shape index (κ2) is 5.95. The molecule has 0 bridgehead atoms. The lowest BCUT2D eigenvalue weighted by molar-refractivity contribution is -0.129. The van der Waals surface area contributed by atoms with Gasteiger partial charge in [-0.1, -0.05) is 12.1 Å². The van der Waals surface area contributed by atoms with Crippen LogP contribution in [0.1, 0.15) is 12.3 Å². The third kappa shape index (κ3) is 2.67. The molecule has 2 fully saturated rings. The van der Waals surface area contributed by atoms with Crippen molar-refractivity contribution in [1.29, 1.82) is 0 Å². The number of carbonyl (C=O) groups excluding carboxylic acids is 1. The molecule has 1 amide bonds. The molecule has 0 unspecified atom stereocenters. The predicted molar refractivity (Wildman–Crippen MR) is 83.3 cm³/mol. The highest BCUT2D eigenvalue weighted by atomic mass is 19.1. The maximum atomic E-state index is 13.8. The van der Waals surface area contributed by atoms with E-state index < -0.39 is 5.82 Å². The number of piperazine rings is 1. The largest absolute Gasteiger partial charge is 0.421 e. The second-order valence-electron chi connectivity index (χ2n) is 6.29. The van der Waals surface area contributed by atoms with Crippen LogP contribution in [-0.4, -0.2) is 52.2 Å². The standard InChI is InChI=1S/C16H18FN5O2/c17-12-4-2-1-3-11(12)16-21-20-14(24-16)6-10-7-19-15(23)13-5-9(18)8-22(10)13/h1-4,9-10,13H,5-8,18H2,(H,19,23)/t9-,10+,13-/m0/s1. The second-order valence-corrected chi connectivity index (χ2v) is 6.29. The summed E-state index contributed by atoms with van der Waals surface area (Å²) in [5.74, 6) is 0.214. The van der Waals surface area contributed by atoms with Crippen LogP contribution < -0.4 is 11.1 Å². The SMILES string of the molecule is N[C@H]1C[C@H]2C(=O)NC[C@@H](Cc3nnc(-c4ccccc4F)o3)N2C1. The Bertz CT molecular complexity index is 764. The van der Waals surface area contributed by atoms with Crippen molar-refractivity contribution in [2.75, 3.05) is 13.1 Å². The molecule has 2 aromatic rings. The third-order valence-corrected chi connectivity index (χ3v) is 4.64. The Kier molecular flexibility index (Phi) is 3.78. The lowest BCUT2D eigenvalue weighted by Crippen LogP contribution is -2.58. The van der Waals surface area contributed by atoms with Gasteiger partial charge < -0.3 is 15.5 Å². The van der Waals surface area contributed by atoms with Gasteiger partial charge in [0.05, 0.1) is 11.6 Å². The topological polar surface area (TPSA) is 97.3 Å². The summed E-state index contributed by atoms with van der Waals surface area (Å²) in [5.41, 5.74) is 6.28. The molecule has 2 aliphatic rings. The van der Waals surface area contributed by atoms with E-state index in [1.807, 2.05) is 0 Å². The first kappa shape index (κ1) is 15.2. The van der Waals surface area contributed by atoms with Crippen molar-refractivity contribution in [3.8, 4) is 11.5 Å². The zero-order valence-electron chi connectivity index (χ0n) is 13.0. The van der Waals surface area contributed by atoms with E-state index in [-0.39, 0.29) is 35.5 Å². The van der Waals surface area contributed by atoms with Crippen molar-refractivity contribution in [2.45, 2.75) is 31.0 Å². The molecule has 2 aliphatic heterocycles. The molecule has 3 heterocycles. The summed E-state index contributed by atoms with van der Waals surface area (Å²) < 4.78 is 19.4. The minimum absolute atomic E-state index is 0.00184. The number of halogens is 1. The molecule has 0 radical (unpaired) electrons. The fraction of sp³-hybridized carbons (Fsp3) is 0.438. The van der Waals surface area contributed by atoms with Crippen molar-refractivity contribution in [3.63, 3.8) is 0 Å². The predicted octanol–water partition coefficient (Wildman–Crippen LogP) is 0.318. The zero-order valence-corrected chi connectivity index (χ0v) is 13.0. The first-order valence-corrected chi connectivity index (χ1v) is 7.98. The lowest BCUT2D eigenvalue weighted by atomic mass is 10.1. The first-order chi connectivity index (χ1) is 11.6. The summed E-state index contributed by atoms with van der Waals surface area (Å²) >= 11 is 0. The fourth-order valence-corrected chi connectivity index (χ4v) is 3.48. The number of aromatic nitrogens is 2. The number of fused-ring (bicyclic) bond motifs is 1. The van der Waals surface area contributed by atoms with Gasteiger partial charge in [0.1, 0.15) is 5.82 Å². The van der Waals surface area contributed by atoms with E-state index in [0.29, 0.717) is 31.8 Å². The molecule has 4 rings (SSSR count). The molecular weight excluding hydrogens is 313 g/mol. The van der Waals surface area contributed by atoms with E-state index >= 15 is 0 Å². The average Bonchev–Trinajstić information content (AvgIpc) is 3.18. The van der Waals surface area contributed by atoms with Gasteiger partial charge in [-0.25, -0.2) is 4.39 Å². The molecule has 3 N–H and O–H groups in total. The van der Waals surface area contributed by atoms with Crippen LogP contribution in [0.2, 0.25) is 0 Å². The number of nitrogens with zero attached hydrogens (tertiary/aromatic N) is 3. The summed E-state index contributed by atoms with van der Waals surface area (Å²) in [7, 11) is 0. The van der Waals surface area contributed by atoms with Crippen LogP contribution in [0.4, 0.5) is 4.39 Å². The maximum Gasteiger partial charge on any atom is 0.250 e. The van der Waals surface area contributed by atoms with Crippen molar-refractivity contribution in [3.05, 3.63) is 36.0 Å². The number of rotatable bonds is 3. The first-order valence-electron chi connectivity index (χ1n) is 7.98. The van der Waals surface area contributed by atoms with E-state index in [4.69, 9.17) is 10.2 Å². The van der Waals surface area contributed by atoms with Crippen LogP contribution in [0.5, 0.6) is 0 Å². The van der Waals surface area contributed by atoms with Gasteiger partial charge in [-0.2, -0.15) is 0 Å². The highest BCUT2D eigenvalue weighted by Gasteiger charge is 2.42. The number of hydrogen-bond donors (Lipinski definition) is 2. The van der Waals surface area contributed by atoms with Crippen LogP contribution >= 0.6 is 0 Å². The Balaban J connectivity index is 1.52. The summed E-state index contributed by atoms with van der Waals surface area (Å²) in [6.07, 6.45) is 1.15. The molecule has 3 atom stereocenters. The Morgan fingerprint density at radius 1 is 1.38 bits per heavy atom. The molecule has 8 heteroatoms. The number of nitrogens with one attached hydrogen (secondary N) is 1. The molecular formula is C16H18FN5O2. The van der Waals surface area contributed by atoms with E-state index in [9.17, 15) is 9.18 Å². The lowest BCUT2D eigenvalue weighted by Gasteiger charge is -2.36. The number of benzene rings is 1. The molecule has 0 saturated carbocycles. The van der Waals surface area contributed by atoms with Gasteiger partial charge in [-0.15, -0.1) is 10.2 Å². The number of hydrogen-bond acceptors (Lipinski definition) is 6. The van der Waals surface area contributed by atoms with E-state index in [1.54, 1.807) is 18.2 Å². The van der Waals surface area contributed by atoms with Crippen LogP contribution in [0.25, 0.3) is 11.5 Å². The van der Waals surface area contributed by atoms with Crippen molar-refractivity contribution >= 4 is 5.91 Å². The number of nitrogens with two attached hydrogens (primary N) is 1. The Morgan fingerprint density at radius 2 is 2.21 bits per heavy atom. The van der Waals surface area contributed by atoms with Crippen molar-refractivity contribution in [1.82, 2.24) is 20.4 Å². The van der Waals surface area contributed by atoms with E-state index in [0.717, 1.165) is 0 Å². The molecule has 24 heavy (non-hydrogen) atoms. The highest BCUT2D eigenvalue weighted by Crippen LogP contribution is 2.26. The van der Waals surface area contributed by atoms with Gasteiger partial charge in [0.25, 0.3) is 5.89 Å². The monoisotopic (exact) mass is 331 g/mol. The van der Waals surface area contributed by atoms with Crippen LogP contribution in [0, 0.1) is 5.82 Å². The number of amides is 1. The zero-order chi connectivity index (χ0) is 16.7. The van der Waals surface area contributed by atoms with Crippen LogP contribution in [0.15, 0.2) is 28.7 Å². The summed E-state index contributed by atoms with van der Waals surface area (Å²) in [6, 6.07) is 6.14. The highest BCUT2D eigenvalue weighted by molar-refractivity contribution is 5.83. The van der Waals surface area contributed by atoms with Gasteiger partial charge >= 0.3 is 0 Å². The van der Waals surface area contributed by atoms with Gasteiger partial charge in [-0.05, 0) is 18.6 Å². The molecule has 1 aromatic heterocycles. The quantitative estimate of drug-likeness (QED) is 0.841. The summed E-state index contributed by atoms with van der Waals surface area (Å²) in [5, 5.41) is 10.9. The molecule has 1 aromatic carbocycles. The Hall–Kier alpha value is -2.32. The molecule has 7 nitrogen and oxygen atoms in total. The van der Waals surface area contributed by atoms with Gasteiger partial charge in [0.2, 0.25) is 11.8 Å². The summed E-state index contributed by atoms with van der Waals surface area (Å²) in [6.45, 7) is 1.19. The maximum absolute atomic E-state index is 13.8. The smallest absolute Gasteiger partial charge is 0.250 e. The molecule has 126 valence electrons. The van der Waals surface area contributed by atoms with Crippen LogP contribution in [0.3, 0.4) is 0 Å². The third-order valence-electron chi connectivity index (χ3n) is 4.64. The van der Waals surface area contributed by atoms with Gasteiger partial charge in [0, 0.05) is 31.6 Å². The van der Waals surface area contributed by atoms with Gasteiger partial charge in [-0.3, -0.25) is 9.69 Å². The number of carbonyl (C=O) groups is 1. The minimum Gasteiger partial charge on any atom is -0.421 e. The Morgan fingerprint density at radius 3 is 3.04 bits per heavy atom. The minimum atomic E-state index is -0.400.